The lowest BCUT2D eigenvalue weighted by Crippen LogP contribution is -2.24. The first kappa shape index (κ1) is 14.6. The molecule has 2 aromatic rings. The van der Waals surface area contributed by atoms with E-state index in [1.807, 2.05) is 0 Å². The predicted octanol–water partition coefficient (Wildman–Crippen LogP) is 0.0943. The summed E-state index contributed by atoms with van der Waals surface area (Å²) in [6.45, 7) is 1.52. The van der Waals surface area contributed by atoms with Crippen molar-refractivity contribution >= 4 is 10.0 Å². The van der Waals surface area contributed by atoms with Crippen LogP contribution in [0.2, 0.25) is 0 Å². The van der Waals surface area contributed by atoms with Gasteiger partial charge in [0, 0.05) is 7.05 Å². The number of aromatic nitrogens is 3. The molecule has 0 saturated heterocycles. The van der Waals surface area contributed by atoms with Crippen LogP contribution in [-0.2, 0) is 30.2 Å². The van der Waals surface area contributed by atoms with E-state index >= 15 is 0 Å². The van der Waals surface area contributed by atoms with Gasteiger partial charge < -0.3 is 5.11 Å². The van der Waals surface area contributed by atoms with E-state index in [0.29, 0.717) is 17.0 Å². The first-order valence-corrected chi connectivity index (χ1v) is 7.45. The fourth-order valence-electron chi connectivity index (χ4n) is 1.73. The minimum absolute atomic E-state index is 0.0198. The second-order valence-electron chi connectivity index (χ2n) is 4.42. The number of nitrogens with one attached hydrogen (secondary N) is 1. The van der Waals surface area contributed by atoms with Crippen LogP contribution >= 0.6 is 0 Å². The molecule has 1 aromatic carbocycles. The van der Waals surface area contributed by atoms with Crippen LogP contribution in [0.1, 0.15) is 17.0 Å². The number of aliphatic hydroxyl groups excluding tert-OH is 1. The lowest BCUT2D eigenvalue weighted by molar-refractivity contribution is 0.281. The SMILES string of the molecule is Cc1ccc(CO)cc1S(=O)(=O)NCc1ncn(C)n1. The van der Waals surface area contributed by atoms with Crippen molar-refractivity contribution in [3.05, 3.63) is 41.5 Å². The summed E-state index contributed by atoms with van der Waals surface area (Å²) in [5, 5.41) is 13.1. The molecule has 0 spiro atoms. The number of aryl methyl sites for hydroxylation is 2. The highest BCUT2D eigenvalue weighted by atomic mass is 32.2. The largest absolute Gasteiger partial charge is 0.392 e. The van der Waals surface area contributed by atoms with E-state index in [4.69, 9.17) is 5.11 Å². The van der Waals surface area contributed by atoms with Gasteiger partial charge in [-0.3, -0.25) is 4.68 Å². The third-order valence-corrected chi connectivity index (χ3v) is 4.34. The molecule has 0 amide bonds. The Morgan fingerprint density at radius 3 is 2.75 bits per heavy atom. The first-order chi connectivity index (χ1) is 9.42. The van der Waals surface area contributed by atoms with Crippen molar-refractivity contribution in [2.75, 3.05) is 0 Å². The average molecular weight is 296 g/mol. The fourth-order valence-corrected chi connectivity index (χ4v) is 3.01. The zero-order chi connectivity index (χ0) is 14.8. The Bertz CT molecular complexity index is 709. The van der Waals surface area contributed by atoms with Gasteiger partial charge in [-0.15, -0.1) is 0 Å². The number of aliphatic hydroxyl groups is 1. The van der Waals surface area contributed by atoms with Crippen LogP contribution in [0.4, 0.5) is 0 Å². The van der Waals surface area contributed by atoms with E-state index in [9.17, 15) is 8.42 Å². The maximum atomic E-state index is 12.2. The van der Waals surface area contributed by atoms with Crippen molar-refractivity contribution < 1.29 is 13.5 Å². The van der Waals surface area contributed by atoms with Crippen LogP contribution in [0.3, 0.4) is 0 Å². The van der Waals surface area contributed by atoms with Crippen molar-refractivity contribution in [2.24, 2.45) is 7.05 Å². The number of rotatable bonds is 5. The van der Waals surface area contributed by atoms with E-state index in [1.165, 1.54) is 17.1 Å². The molecule has 0 aliphatic carbocycles. The summed E-state index contributed by atoms with van der Waals surface area (Å²) in [6, 6.07) is 4.82. The monoisotopic (exact) mass is 296 g/mol. The van der Waals surface area contributed by atoms with E-state index in [2.05, 4.69) is 14.8 Å². The minimum atomic E-state index is -3.66. The maximum absolute atomic E-state index is 12.2. The highest BCUT2D eigenvalue weighted by Gasteiger charge is 2.17. The quantitative estimate of drug-likeness (QED) is 0.815. The van der Waals surface area contributed by atoms with Gasteiger partial charge in [-0.05, 0) is 24.1 Å². The second kappa shape index (κ2) is 5.70. The molecule has 0 aliphatic rings. The Kier molecular flexibility index (Phi) is 4.17. The van der Waals surface area contributed by atoms with Crippen molar-refractivity contribution in [3.8, 4) is 0 Å². The molecule has 0 aliphatic heterocycles. The predicted molar refractivity (Wildman–Crippen MR) is 72.1 cm³/mol. The van der Waals surface area contributed by atoms with Crippen LogP contribution in [0, 0.1) is 6.92 Å². The topological polar surface area (TPSA) is 97.1 Å². The zero-order valence-electron chi connectivity index (χ0n) is 11.2. The summed E-state index contributed by atoms with van der Waals surface area (Å²) in [5.74, 6) is 0.395. The molecular formula is C12H16N4O3S. The van der Waals surface area contributed by atoms with Crippen LogP contribution in [0.15, 0.2) is 29.4 Å². The molecule has 2 rings (SSSR count). The Morgan fingerprint density at radius 1 is 1.40 bits per heavy atom. The Balaban J connectivity index is 2.21. The number of hydrogen-bond acceptors (Lipinski definition) is 5. The lowest BCUT2D eigenvalue weighted by Gasteiger charge is -2.09. The number of nitrogens with zero attached hydrogens (tertiary/aromatic N) is 3. The van der Waals surface area contributed by atoms with E-state index < -0.39 is 10.0 Å². The van der Waals surface area contributed by atoms with Crippen molar-refractivity contribution in [2.45, 2.75) is 25.0 Å². The van der Waals surface area contributed by atoms with Gasteiger partial charge in [0.2, 0.25) is 10.0 Å². The normalized spacial score (nSPS) is 11.8. The van der Waals surface area contributed by atoms with Gasteiger partial charge in [-0.2, -0.15) is 5.10 Å². The molecule has 2 N–H and O–H groups in total. The zero-order valence-corrected chi connectivity index (χ0v) is 12.1. The average Bonchev–Trinajstić information content (AvgIpc) is 2.83. The molecule has 0 saturated carbocycles. The van der Waals surface area contributed by atoms with Gasteiger partial charge in [0.15, 0.2) is 5.82 Å². The van der Waals surface area contributed by atoms with Gasteiger partial charge in [-0.1, -0.05) is 12.1 Å². The molecule has 7 nitrogen and oxygen atoms in total. The fraction of sp³-hybridized carbons (Fsp3) is 0.333. The molecule has 0 bridgehead atoms. The van der Waals surface area contributed by atoms with Crippen LogP contribution < -0.4 is 4.72 Å². The van der Waals surface area contributed by atoms with Gasteiger partial charge in [-0.25, -0.2) is 18.1 Å². The highest BCUT2D eigenvalue weighted by molar-refractivity contribution is 7.89. The molecule has 0 fully saturated rings. The highest BCUT2D eigenvalue weighted by Crippen LogP contribution is 2.17. The van der Waals surface area contributed by atoms with Gasteiger partial charge in [0.1, 0.15) is 6.33 Å². The standard InChI is InChI=1S/C12H16N4O3S/c1-9-3-4-10(7-17)5-11(9)20(18,19)14-6-12-13-8-16(2)15-12/h3-5,8,14,17H,6-7H2,1-2H3. The van der Waals surface area contributed by atoms with E-state index in [1.54, 1.807) is 26.1 Å². The number of sulfonamides is 1. The summed E-state index contributed by atoms with van der Waals surface area (Å²) >= 11 is 0. The molecule has 0 unspecified atom stereocenters. The van der Waals surface area contributed by atoms with Crippen LogP contribution in [0.5, 0.6) is 0 Å². The summed E-state index contributed by atoms with van der Waals surface area (Å²) in [7, 11) is -1.95. The molecule has 8 heteroatoms. The lowest BCUT2D eigenvalue weighted by atomic mass is 10.2. The third-order valence-electron chi connectivity index (χ3n) is 2.79. The Labute approximate surface area is 117 Å². The Morgan fingerprint density at radius 2 is 2.15 bits per heavy atom. The number of benzene rings is 1. The smallest absolute Gasteiger partial charge is 0.241 e. The minimum Gasteiger partial charge on any atom is -0.392 e. The summed E-state index contributed by atoms with van der Waals surface area (Å²) < 4.78 is 28.4. The molecular weight excluding hydrogens is 280 g/mol. The van der Waals surface area contributed by atoms with E-state index in [-0.39, 0.29) is 18.0 Å². The van der Waals surface area contributed by atoms with Crippen molar-refractivity contribution in [1.82, 2.24) is 19.5 Å². The maximum Gasteiger partial charge on any atom is 0.241 e. The Hall–Kier alpha value is -1.77. The summed E-state index contributed by atoms with van der Waals surface area (Å²) in [4.78, 5) is 4.11. The first-order valence-electron chi connectivity index (χ1n) is 5.97. The molecule has 1 heterocycles. The summed E-state index contributed by atoms with van der Waals surface area (Å²) in [6.07, 6.45) is 1.50. The molecule has 0 radical (unpaired) electrons. The summed E-state index contributed by atoms with van der Waals surface area (Å²) in [5.41, 5.74) is 1.16. The third kappa shape index (κ3) is 3.21. The molecule has 0 atom stereocenters. The van der Waals surface area contributed by atoms with E-state index in [0.717, 1.165) is 0 Å². The van der Waals surface area contributed by atoms with Crippen molar-refractivity contribution in [1.29, 1.82) is 0 Å². The van der Waals surface area contributed by atoms with Crippen LogP contribution in [-0.4, -0.2) is 28.3 Å². The molecule has 1 aromatic heterocycles. The molecule has 108 valence electrons. The number of hydrogen-bond donors (Lipinski definition) is 2. The van der Waals surface area contributed by atoms with Gasteiger partial charge >= 0.3 is 0 Å². The molecule has 20 heavy (non-hydrogen) atoms. The second-order valence-corrected chi connectivity index (χ2v) is 6.15. The van der Waals surface area contributed by atoms with Gasteiger partial charge in [0.25, 0.3) is 0 Å². The van der Waals surface area contributed by atoms with Crippen LogP contribution in [0.25, 0.3) is 0 Å². The van der Waals surface area contributed by atoms with Gasteiger partial charge in [0.05, 0.1) is 18.0 Å². The van der Waals surface area contributed by atoms with Crippen molar-refractivity contribution in [3.63, 3.8) is 0 Å².